The van der Waals surface area contributed by atoms with Crippen LogP contribution in [0.4, 0.5) is 5.69 Å². The number of benzene rings is 2. The van der Waals surface area contributed by atoms with E-state index in [0.29, 0.717) is 37.8 Å². The maximum absolute atomic E-state index is 12.5. The van der Waals surface area contributed by atoms with Crippen LogP contribution in [0.3, 0.4) is 0 Å². The summed E-state index contributed by atoms with van der Waals surface area (Å²) in [5.41, 5.74) is 1.43. The van der Waals surface area contributed by atoms with Crippen molar-refractivity contribution in [1.29, 1.82) is 0 Å². The summed E-state index contributed by atoms with van der Waals surface area (Å²) >= 11 is 0. The lowest BCUT2D eigenvalue weighted by molar-refractivity contribution is -0.384. The molecule has 0 saturated carbocycles. The van der Waals surface area contributed by atoms with Gasteiger partial charge in [-0.1, -0.05) is 36.4 Å². The minimum atomic E-state index is -0.485. The molecule has 25 heavy (non-hydrogen) atoms. The van der Waals surface area contributed by atoms with Crippen LogP contribution >= 0.6 is 0 Å². The minimum absolute atomic E-state index is 0.0622. The van der Waals surface area contributed by atoms with Gasteiger partial charge in [-0.2, -0.15) is 0 Å². The Hall–Kier alpha value is -2.73. The summed E-state index contributed by atoms with van der Waals surface area (Å²) in [5, 5.41) is 10.8. The number of nitrogens with zero attached hydrogens (tertiary/aromatic N) is 2. The molecule has 1 heterocycles. The Morgan fingerprint density at radius 3 is 2.76 bits per heavy atom. The van der Waals surface area contributed by atoms with Crippen LogP contribution in [0, 0.1) is 16.0 Å². The molecule has 6 heteroatoms. The summed E-state index contributed by atoms with van der Waals surface area (Å²) in [6.07, 6.45) is 0.884. The van der Waals surface area contributed by atoms with Gasteiger partial charge in [0.05, 0.1) is 18.1 Å². The number of hydrogen-bond donors (Lipinski definition) is 0. The molecule has 6 nitrogen and oxygen atoms in total. The van der Waals surface area contributed by atoms with Crippen LogP contribution in [0.15, 0.2) is 54.6 Å². The molecule has 0 N–H and O–H groups in total. The smallest absolute Gasteiger partial charge is 0.270 e. The Bertz CT molecular complexity index is 748. The van der Waals surface area contributed by atoms with Gasteiger partial charge in [-0.25, -0.2) is 0 Å². The molecule has 1 saturated heterocycles. The fourth-order valence-corrected chi connectivity index (χ4v) is 3.01. The normalized spacial score (nSPS) is 16.8. The minimum Gasteiger partial charge on any atom is -0.376 e. The first kappa shape index (κ1) is 17.1. The molecule has 1 aliphatic rings. The number of non-ortho nitro benzene ring substituents is 1. The third-order valence-electron chi connectivity index (χ3n) is 4.34. The van der Waals surface area contributed by atoms with Gasteiger partial charge in [0.1, 0.15) is 0 Å². The summed E-state index contributed by atoms with van der Waals surface area (Å²) < 4.78 is 5.76. The highest BCUT2D eigenvalue weighted by atomic mass is 16.6. The average molecular weight is 340 g/mol. The molecule has 0 spiro atoms. The Morgan fingerprint density at radius 2 is 2.00 bits per heavy atom. The molecule has 2 aromatic rings. The van der Waals surface area contributed by atoms with Crippen molar-refractivity contribution in [3.63, 3.8) is 0 Å². The fraction of sp³-hybridized carbons (Fsp3) is 0.316. The molecule has 0 aliphatic carbocycles. The van der Waals surface area contributed by atoms with E-state index in [9.17, 15) is 14.9 Å². The van der Waals surface area contributed by atoms with Crippen molar-refractivity contribution < 1.29 is 14.5 Å². The molecule has 0 bridgehead atoms. The van der Waals surface area contributed by atoms with E-state index in [2.05, 4.69) is 0 Å². The zero-order valence-electron chi connectivity index (χ0n) is 13.8. The van der Waals surface area contributed by atoms with E-state index in [1.54, 1.807) is 17.0 Å². The van der Waals surface area contributed by atoms with Crippen LogP contribution in [0.25, 0.3) is 0 Å². The topological polar surface area (TPSA) is 72.7 Å². The van der Waals surface area contributed by atoms with Gasteiger partial charge < -0.3 is 9.64 Å². The number of carbonyl (C=O) groups is 1. The van der Waals surface area contributed by atoms with Crippen LogP contribution in [-0.2, 0) is 11.3 Å². The summed E-state index contributed by atoms with van der Waals surface area (Å²) in [5.74, 6) is 0.139. The van der Waals surface area contributed by atoms with Crippen LogP contribution in [0.2, 0.25) is 0 Å². The van der Waals surface area contributed by atoms with Crippen molar-refractivity contribution in [3.8, 4) is 0 Å². The molecule has 1 aliphatic heterocycles. The standard InChI is InChI=1S/C19H20N2O4/c22-19(17-7-4-8-18(11-17)21(23)24)20-10-9-16(12-20)14-25-13-15-5-2-1-3-6-15/h1-8,11,16H,9-10,12-14H2. The maximum Gasteiger partial charge on any atom is 0.270 e. The lowest BCUT2D eigenvalue weighted by atomic mass is 10.1. The Balaban J connectivity index is 1.51. The molecule has 0 radical (unpaired) electrons. The first-order valence-corrected chi connectivity index (χ1v) is 8.29. The maximum atomic E-state index is 12.5. The molecular weight excluding hydrogens is 320 g/mol. The molecule has 1 amide bonds. The highest BCUT2D eigenvalue weighted by Crippen LogP contribution is 2.21. The molecule has 3 rings (SSSR count). The second kappa shape index (κ2) is 7.90. The lowest BCUT2D eigenvalue weighted by Crippen LogP contribution is -2.29. The van der Waals surface area contributed by atoms with Crippen molar-refractivity contribution in [3.05, 3.63) is 75.8 Å². The average Bonchev–Trinajstić information content (AvgIpc) is 3.11. The molecule has 2 aromatic carbocycles. The molecule has 130 valence electrons. The Labute approximate surface area is 146 Å². The zero-order chi connectivity index (χ0) is 17.6. The first-order chi connectivity index (χ1) is 12.1. The third-order valence-corrected chi connectivity index (χ3v) is 4.34. The largest absolute Gasteiger partial charge is 0.376 e. The molecule has 0 aromatic heterocycles. The third kappa shape index (κ3) is 4.42. The Kier molecular flexibility index (Phi) is 5.40. The van der Waals surface area contributed by atoms with Crippen molar-refractivity contribution >= 4 is 11.6 Å². The summed E-state index contributed by atoms with van der Waals surface area (Å²) in [7, 11) is 0. The summed E-state index contributed by atoms with van der Waals surface area (Å²) in [4.78, 5) is 24.6. The van der Waals surface area contributed by atoms with Gasteiger partial charge in [0.2, 0.25) is 0 Å². The van der Waals surface area contributed by atoms with Crippen molar-refractivity contribution in [2.45, 2.75) is 13.0 Å². The van der Waals surface area contributed by atoms with E-state index in [-0.39, 0.29) is 11.6 Å². The van der Waals surface area contributed by atoms with Crippen molar-refractivity contribution in [2.75, 3.05) is 19.7 Å². The van der Waals surface area contributed by atoms with Gasteiger partial charge in [0.25, 0.3) is 11.6 Å². The summed E-state index contributed by atoms with van der Waals surface area (Å²) in [6.45, 7) is 2.45. The van der Waals surface area contributed by atoms with E-state index in [1.165, 1.54) is 12.1 Å². The second-order valence-corrected chi connectivity index (χ2v) is 6.21. The van der Waals surface area contributed by atoms with Gasteiger partial charge in [-0.05, 0) is 18.1 Å². The zero-order valence-corrected chi connectivity index (χ0v) is 13.8. The number of carbonyl (C=O) groups excluding carboxylic acids is 1. The first-order valence-electron chi connectivity index (χ1n) is 8.29. The van der Waals surface area contributed by atoms with Crippen LogP contribution < -0.4 is 0 Å². The van der Waals surface area contributed by atoms with Crippen LogP contribution in [-0.4, -0.2) is 35.4 Å². The van der Waals surface area contributed by atoms with E-state index >= 15 is 0 Å². The lowest BCUT2D eigenvalue weighted by Gasteiger charge is -2.16. The second-order valence-electron chi connectivity index (χ2n) is 6.21. The van der Waals surface area contributed by atoms with Gasteiger partial charge in [0.15, 0.2) is 0 Å². The SMILES string of the molecule is O=C(c1cccc([N+](=O)[O-])c1)N1CCC(COCc2ccccc2)C1. The van der Waals surface area contributed by atoms with Gasteiger partial charge in [0, 0.05) is 36.7 Å². The Morgan fingerprint density at radius 1 is 1.20 bits per heavy atom. The van der Waals surface area contributed by atoms with Crippen molar-refractivity contribution in [1.82, 2.24) is 4.90 Å². The monoisotopic (exact) mass is 340 g/mol. The van der Waals surface area contributed by atoms with E-state index in [0.717, 1.165) is 12.0 Å². The number of ether oxygens (including phenoxy) is 1. The van der Waals surface area contributed by atoms with E-state index in [1.807, 2.05) is 30.3 Å². The number of hydrogen-bond acceptors (Lipinski definition) is 4. The van der Waals surface area contributed by atoms with Crippen molar-refractivity contribution in [2.24, 2.45) is 5.92 Å². The molecular formula is C19H20N2O4. The van der Waals surface area contributed by atoms with Gasteiger partial charge >= 0.3 is 0 Å². The highest BCUT2D eigenvalue weighted by molar-refractivity contribution is 5.95. The number of nitro groups is 1. The number of likely N-dealkylation sites (tertiary alicyclic amines) is 1. The number of amides is 1. The quantitative estimate of drug-likeness (QED) is 0.597. The highest BCUT2D eigenvalue weighted by Gasteiger charge is 2.27. The van der Waals surface area contributed by atoms with Gasteiger partial charge in [-0.3, -0.25) is 14.9 Å². The number of rotatable bonds is 6. The van der Waals surface area contributed by atoms with Gasteiger partial charge in [-0.15, -0.1) is 0 Å². The van der Waals surface area contributed by atoms with E-state index < -0.39 is 4.92 Å². The predicted molar refractivity (Wildman–Crippen MR) is 93.2 cm³/mol. The van der Waals surface area contributed by atoms with E-state index in [4.69, 9.17) is 4.74 Å². The molecule has 1 fully saturated rings. The fourth-order valence-electron chi connectivity index (χ4n) is 3.01. The number of nitro benzene ring substituents is 1. The summed E-state index contributed by atoms with van der Waals surface area (Å²) in [6, 6.07) is 15.9. The van der Waals surface area contributed by atoms with Crippen LogP contribution in [0.5, 0.6) is 0 Å². The molecule has 1 unspecified atom stereocenters. The molecule has 1 atom stereocenters. The van der Waals surface area contributed by atoms with Crippen LogP contribution in [0.1, 0.15) is 22.3 Å². The predicted octanol–water partition coefficient (Wildman–Crippen LogP) is 3.27.